The predicted octanol–water partition coefficient (Wildman–Crippen LogP) is 17.1. The highest BCUT2D eigenvalue weighted by atomic mass is 16.5. The molecule has 0 saturated heterocycles. The molecule has 3 atom stereocenters. The molecule has 0 fully saturated rings. The molecule has 3 unspecified atom stereocenters. The lowest BCUT2D eigenvalue weighted by molar-refractivity contribution is -0.151. The Balaban J connectivity index is 4.47. The molecule has 3 N–H and O–H groups in total. The number of esters is 1. The first kappa shape index (κ1) is 61.3. The summed E-state index contributed by atoms with van der Waals surface area (Å²) in [7, 11) is 0. The number of rotatable bonds is 51. The van der Waals surface area contributed by atoms with Gasteiger partial charge in [-0.15, -0.1) is 0 Å². The molecule has 0 aromatic heterocycles. The van der Waals surface area contributed by atoms with Gasteiger partial charge in [-0.2, -0.15) is 0 Å². The molecule has 0 saturated carbocycles. The smallest absolute Gasteiger partial charge is 0.306 e. The molecule has 0 heterocycles. The van der Waals surface area contributed by atoms with Crippen LogP contribution in [0.2, 0.25) is 0 Å². The van der Waals surface area contributed by atoms with E-state index < -0.39 is 18.2 Å². The molecule has 0 aliphatic heterocycles. The minimum atomic E-state index is -0.788. The normalized spacial score (nSPS) is 13.3. The Kier molecular flexibility index (Phi) is 50.0. The predicted molar refractivity (Wildman–Crippen MR) is 273 cm³/mol. The number of hydrogen-bond donors (Lipinski definition) is 3. The van der Waals surface area contributed by atoms with E-state index in [1.165, 1.54) is 186 Å². The van der Waals surface area contributed by atoms with E-state index in [2.05, 4.69) is 50.4 Å². The molecule has 0 radical (unpaired) electrons. The van der Waals surface area contributed by atoms with Crippen molar-refractivity contribution in [3.63, 3.8) is 0 Å². The van der Waals surface area contributed by atoms with Crippen LogP contribution >= 0.6 is 0 Å². The molecule has 63 heavy (non-hydrogen) atoms. The van der Waals surface area contributed by atoms with Crippen molar-refractivity contribution in [2.24, 2.45) is 0 Å². The third kappa shape index (κ3) is 46.7. The van der Waals surface area contributed by atoms with Gasteiger partial charge in [0.2, 0.25) is 5.91 Å². The van der Waals surface area contributed by atoms with Crippen molar-refractivity contribution in [3.05, 3.63) is 24.3 Å². The number of carbonyl (C=O) groups excluding carboxylic acids is 2. The van der Waals surface area contributed by atoms with Gasteiger partial charge in [-0.05, 0) is 51.4 Å². The third-order valence-corrected chi connectivity index (χ3v) is 13.0. The fourth-order valence-corrected chi connectivity index (χ4v) is 8.82. The van der Waals surface area contributed by atoms with Crippen LogP contribution in [-0.4, -0.2) is 46.9 Å². The average Bonchev–Trinajstić information content (AvgIpc) is 3.28. The summed E-state index contributed by atoms with van der Waals surface area (Å²) < 4.78 is 5.95. The van der Waals surface area contributed by atoms with Gasteiger partial charge in [-0.3, -0.25) is 9.59 Å². The molecule has 372 valence electrons. The average molecular weight is 889 g/mol. The molecule has 0 bridgehead atoms. The second-order valence-corrected chi connectivity index (χ2v) is 19.3. The Hall–Kier alpha value is -1.66. The molecular weight excluding hydrogens is 779 g/mol. The van der Waals surface area contributed by atoms with Crippen molar-refractivity contribution in [2.45, 2.75) is 322 Å². The summed E-state index contributed by atoms with van der Waals surface area (Å²) in [5.74, 6) is -0.471. The van der Waals surface area contributed by atoms with E-state index in [4.69, 9.17) is 4.74 Å². The van der Waals surface area contributed by atoms with Crippen molar-refractivity contribution < 1.29 is 24.5 Å². The van der Waals surface area contributed by atoms with Crippen molar-refractivity contribution in [1.82, 2.24) is 5.32 Å². The highest BCUT2D eigenvalue weighted by Gasteiger charge is 2.24. The Bertz CT molecular complexity index is 997. The molecule has 0 rings (SSSR count). The molecular formula is C57H109NO5. The van der Waals surface area contributed by atoms with Gasteiger partial charge in [0.15, 0.2) is 0 Å². The molecule has 0 spiro atoms. The molecule has 0 aliphatic carbocycles. The number of hydrogen-bond acceptors (Lipinski definition) is 5. The number of ether oxygens (including phenoxy) is 1. The van der Waals surface area contributed by atoms with Gasteiger partial charge >= 0.3 is 5.97 Å². The van der Waals surface area contributed by atoms with Crippen molar-refractivity contribution in [1.29, 1.82) is 0 Å². The second kappa shape index (κ2) is 51.3. The molecule has 0 aromatic rings. The van der Waals surface area contributed by atoms with Crippen LogP contribution in [0.25, 0.3) is 0 Å². The first-order valence-corrected chi connectivity index (χ1v) is 28.1. The standard InChI is InChI=1S/C57H109NO5/c1-4-7-10-13-16-19-22-25-27-29-31-34-37-40-43-46-49-55(60)54(52-59)58-56(61)51-53(48-45-42-39-36-33-24-21-18-15-12-9-6-3)63-57(62)50-47-44-41-38-35-32-30-28-26-23-20-17-14-11-8-5-2/h9,12,18,21,53-55,59-60H,4-8,10-11,13-17,19-20,22-52H2,1-3H3,(H,58,61)/b12-9+,21-18+. The summed E-state index contributed by atoms with van der Waals surface area (Å²) >= 11 is 0. The van der Waals surface area contributed by atoms with E-state index in [0.717, 1.165) is 70.6 Å². The SMILES string of the molecule is CC/C=C/C/C=C/CCCCCCCC(CC(=O)NC(CO)C(O)CCCCCCCCCCCCCCCCCC)OC(=O)CCCCCCCCCCCCCCCCCC. The second-order valence-electron chi connectivity index (χ2n) is 19.3. The fourth-order valence-electron chi connectivity index (χ4n) is 8.82. The fraction of sp³-hybridized carbons (Fsp3) is 0.895. The lowest BCUT2D eigenvalue weighted by Gasteiger charge is -2.24. The summed E-state index contributed by atoms with van der Waals surface area (Å²) in [6.45, 7) is 6.41. The number of amides is 1. The Morgan fingerprint density at radius 1 is 0.476 bits per heavy atom. The van der Waals surface area contributed by atoms with E-state index >= 15 is 0 Å². The van der Waals surface area contributed by atoms with Gasteiger partial charge in [-0.25, -0.2) is 0 Å². The van der Waals surface area contributed by atoms with Crippen molar-refractivity contribution >= 4 is 11.9 Å². The van der Waals surface area contributed by atoms with E-state index in [9.17, 15) is 19.8 Å². The van der Waals surface area contributed by atoms with Crippen LogP contribution in [0.5, 0.6) is 0 Å². The van der Waals surface area contributed by atoms with Crippen LogP contribution in [0.4, 0.5) is 0 Å². The zero-order valence-electron chi connectivity index (χ0n) is 42.5. The lowest BCUT2D eigenvalue weighted by atomic mass is 10.0. The summed E-state index contributed by atoms with van der Waals surface area (Å²) in [6, 6.07) is -0.702. The van der Waals surface area contributed by atoms with Gasteiger partial charge in [0.05, 0.1) is 25.2 Å². The minimum Gasteiger partial charge on any atom is -0.462 e. The van der Waals surface area contributed by atoms with Crippen LogP contribution in [-0.2, 0) is 14.3 Å². The highest BCUT2D eigenvalue weighted by Crippen LogP contribution is 2.19. The number of nitrogens with one attached hydrogen (secondary N) is 1. The van der Waals surface area contributed by atoms with Crippen molar-refractivity contribution in [3.8, 4) is 0 Å². The molecule has 0 aromatic carbocycles. The Morgan fingerprint density at radius 2 is 0.857 bits per heavy atom. The molecule has 6 heteroatoms. The third-order valence-electron chi connectivity index (χ3n) is 13.0. The van der Waals surface area contributed by atoms with Gasteiger partial charge in [0.1, 0.15) is 6.10 Å². The Labute approximate surface area is 392 Å². The topological polar surface area (TPSA) is 95.9 Å². The maximum absolute atomic E-state index is 13.2. The molecule has 1 amide bonds. The van der Waals surface area contributed by atoms with Crippen LogP contribution in [0.3, 0.4) is 0 Å². The molecule has 0 aliphatic rings. The minimum absolute atomic E-state index is 0.0736. The van der Waals surface area contributed by atoms with Gasteiger partial charge < -0.3 is 20.3 Å². The molecule has 6 nitrogen and oxygen atoms in total. The maximum Gasteiger partial charge on any atom is 0.306 e. The number of allylic oxidation sites excluding steroid dienone is 4. The van der Waals surface area contributed by atoms with Crippen LogP contribution in [0.15, 0.2) is 24.3 Å². The van der Waals surface area contributed by atoms with Crippen LogP contribution in [0.1, 0.15) is 303 Å². The number of carbonyl (C=O) groups is 2. The number of aliphatic hydroxyl groups excluding tert-OH is 2. The monoisotopic (exact) mass is 888 g/mol. The Morgan fingerprint density at radius 3 is 1.29 bits per heavy atom. The largest absolute Gasteiger partial charge is 0.462 e. The van der Waals surface area contributed by atoms with E-state index in [0.29, 0.717) is 19.3 Å². The van der Waals surface area contributed by atoms with E-state index in [1.807, 2.05) is 0 Å². The summed E-state index contributed by atoms with van der Waals surface area (Å²) in [5, 5.41) is 23.9. The van der Waals surface area contributed by atoms with Gasteiger partial charge in [0, 0.05) is 6.42 Å². The van der Waals surface area contributed by atoms with Crippen LogP contribution in [0, 0.1) is 0 Å². The van der Waals surface area contributed by atoms with Crippen LogP contribution < -0.4 is 5.32 Å². The number of aliphatic hydroxyl groups is 2. The van der Waals surface area contributed by atoms with Crippen molar-refractivity contribution in [2.75, 3.05) is 6.61 Å². The van der Waals surface area contributed by atoms with E-state index in [1.54, 1.807) is 0 Å². The maximum atomic E-state index is 13.2. The summed E-state index contributed by atoms with van der Waals surface area (Å²) in [4.78, 5) is 26.2. The number of unbranched alkanes of at least 4 members (excludes halogenated alkanes) is 35. The first-order valence-electron chi connectivity index (χ1n) is 28.1. The van der Waals surface area contributed by atoms with Gasteiger partial charge in [-0.1, -0.05) is 263 Å². The summed E-state index contributed by atoms with van der Waals surface area (Å²) in [6.07, 6.45) is 59.6. The van der Waals surface area contributed by atoms with E-state index in [-0.39, 0.29) is 24.9 Å². The zero-order valence-corrected chi connectivity index (χ0v) is 42.5. The summed E-state index contributed by atoms with van der Waals surface area (Å²) in [5.41, 5.74) is 0. The quantitative estimate of drug-likeness (QED) is 0.0321. The van der Waals surface area contributed by atoms with Gasteiger partial charge in [0.25, 0.3) is 0 Å². The zero-order chi connectivity index (χ0) is 45.9. The highest BCUT2D eigenvalue weighted by molar-refractivity contribution is 5.77. The lowest BCUT2D eigenvalue weighted by Crippen LogP contribution is -2.46. The first-order chi connectivity index (χ1) is 31.0.